The number of nitrogens with zero attached hydrogens (tertiary/aromatic N) is 2. The predicted molar refractivity (Wildman–Crippen MR) is 61.4 cm³/mol. The van der Waals surface area contributed by atoms with Crippen LogP contribution in [0.1, 0.15) is 11.1 Å². The molecule has 2 aromatic rings. The maximum atomic E-state index is 5.79. The predicted octanol–water partition coefficient (Wildman–Crippen LogP) is 2.34. The largest absolute Gasteiger partial charge is 0.382 e. The van der Waals surface area contributed by atoms with E-state index in [1.165, 1.54) is 11.1 Å². The van der Waals surface area contributed by atoms with Crippen molar-refractivity contribution in [2.24, 2.45) is 0 Å². The van der Waals surface area contributed by atoms with Gasteiger partial charge in [0.25, 0.3) is 0 Å². The van der Waals surface area contributed by atoms with Crippen molar-refractivity contribution in [1.29, 1.82) is 0 Å². The van der Waals surface area contributed by atoms with Crippen LogP contribution in [0.3, 0.4) is 0 Å². The molecule has 1 aromatic heterocycles. The molecule has 0 saturated carbocycles. The van der Waals surface area contributed by atoms with Crippen LogP contribution in [-0.4, -0.2) is 9.97 Å². The van der Waals surface area contributed by atoms with Crippen LogP contribution >= 0.6 is 0 Å². The lowest BCUT2D eigenvalue weighted by molar-refractivity contribution is 1.21. The highest BCUT2D eigenvalue weighted by atomic mass is 14.9. The monoisotopic (exact) mass is 199 g/mol. The minimum absolute atomic E-state index is 0.476. The van der Waals surface area contributed by atoms with Crippen molar-refractivity contribution in [2.45, 2.75) is 13.8 Å². The van der Waals surface area contributed by atoms with Crippen LogP contribution in [0.2, 0.25) is 0 Å². The average Bonchev–Trinajstić information content (AvgIpc) is 2.20. The molecular weight excluding hydrogens is 186 g/mol. The third kappa shape index (κ3) is 1.81. The highest BCUT2D eigenvalue weighted by molar-refractivity contribution is 5.72. The van der Waals surface area contributed by atoms with Crippen molar-refractivity contribution in [3.63, 3.8) is 0 Å². The Hall–Kier alpha value is -1.90. The van der Waals surface area contributed by atoms with Crippen LogP contribution < -0.4 is 5.73 Å². The Balaban J connectivity index is 2.60. The van der Waals surface area contributed by atoms with Crippen LogP contribution in [0.15, 0.2) is 30.6 Å². The first-order valence-corrected chi connectivity index (χ1v) is 4.82. The van der Waals surface area contributed by atoms with E-state index >= 15 is 0 Å². The molecule has 1 aromatic carbocycles. The Kier molecular flexibility index (Phi) is 2.37. The van der Waals surface area contributed by atoms with Crippen molar-refractivity contribution >= 4 is 5.82 Å². The molecule has 15 heavy (non-hydrogen) atoms. The van der Waals surface area contributed by atoms with Gasteiger partial charge in [-0.25, -0.2) is 4.98 Å². The molecule has 76 valence electrons. The van der Waals surface area contributed by atoms with Crippen LogP contribution in [-0.2, 0) is 0 Å². The normalized spacial score (nSPS) is 10.3. The Morgan fingerprint density at radius 3 is 2.47 bits per heavy atom. The van der Waals surface area contributed by atoms with Gasteiger partial charge in [-0.2, -0.15) is 0 Å². The summed E-state index contributed by atoms with van der Waals surface area (Å²) in [6, 6.07) is 6.20. The lowest BCUT2D eigenvalue weighted by Gasteiger charge is -2.07. The van der Waals surface area contributed by atoms with Crippen LogP contribution in [0.5, 0.6) is 0 Å². The zero-order valence-corrected chi connectivity index (χ0v) is 8.86. The second-order valence-corrected chi connectivity index (χ2v) is 3.61. The average molecular weight is 199 g/mol. The number of anilines is 1. The highest BCUT2D eigenvalue weighted by Crippen LogP contribution is 2.25. The minimum Gasteiger partial charge on any atom is -0.382 e. The van der Waals surface area contributed by atoms with Crippen LogP contribution in [0, 0.1) is 13.8 Å². The van der Waals surface area contributed by atoms with Gasteiger partial charge in [-0.15, -0.1) is 0 Å². The van der Waals surface area contributed by atoms with Gasteiger partial charge in [-0.1, -0.05) is 23.8 Å². The van der Waals surface area contributed by atoms with Gasteiger partial charge in [0, 0.05) is 18.0 Å². The van der Waals surface area contributed by atoms with E-state index in [9.17, 15) is 0 Å². The Morgan fingerprint density at radius 2 is 1.80 bits per heavy atom. The van der Waals surface area contributed by atoms with Gasteiger partial charge < -0.3 is 5.73 Å². The van der Waals surface area contributed by atoms with E-state index in [0.29, 0.717) is 5.82 Å². The Morgan fingerprint density at radius 1 is 1.07 bits per heavy atom. The van der Waals surface area contributed by atoms with Crippen molar-refractivity contribution in [1.82, 2.24) is 9.97 Å². The smallest absolute Gasteiger partial charge is 0.149 e. The number of hydrogen-bond donors (Lipinski definition) is 1. The zero-order valence-electron chi connectivity index (χ0n) is 8.86. The fourth-order valence-corrected chi connectivity index (χ4v) is 1.64. The summed E-state index contributed by atoms with van der Waals surface area (Å²) in [6.07, 6.45) is 3.26. The van der Waals surface area contributed by atoms with Crippen LogP contribution in [0.4, 0.5) is 5.82 Å². The highest BCUT2D eigenvalue weighted by Gasteiger charge is 2.07. The lowest BCUT2D eigenvalue weighted by atomic mass is 10.0. The number of benzene rings is 1. The molecule has 0 unspecified atom stereocenters. The second-order valence-electron chi connectivity index (χ2n) is 3.61. The summed E-state index contributed by atoms with van der Waals surface area (Å²) in [5.41, 5.74) is 10.00. The van der Waals surface area contributed by atoms with Crippen molar-refractivity contribution in [3.8, 4) is 11.3 Å². The fraction of sp³-hybridized carbons (Fsp3) is 0.167. The van der Waals surface area contributed by atoms with E-state index in [-0.39, 0.29) is 0 Å². The molecule has 0 fully saturated rings. The topological polar surface area (TPSA) is 51.8 Å². The Labute approximate surface area is 89.0 Å². The summed E-state index contributed by atoms with van der Waals surface area (Å²) in [5, 5.41) is 0. The maximum Gasteiger partial charge on any atom is 0.149 e. The first-order chi connectivity index (χ1) is 7.18. The fourth-order valence-electron chi connectivity index (χ4n) is 1.64. The van der Waals surface area contributed by atoms with E-state index < -0.39 is 0 Å². The molecule has 2 rings (SSSR count). The number of aryl methyl sites for hydroxylation is 2. The van der Waals surface area contributed by atoms with Crippen LogP contribution in [0.25, 0.3) is 11.3 Å². The van der Waals surface area contributed by atoms with Gasteiger partial charge in [-0.05, 0) is 19.4 Å². The molecule has 1 heterocycles. The molecular formula is C12H13N3. The van der Waals surface area contributed by atoms with E-state index in [0.717, 1.165) is 11.3 Å². The summed E-state index contributed by atoms with van der Waals surface area (Å²) in [4.78, 5) is 8.29. The second kappa shape index (κ2) is 3.69. The summed E-state index contributed by atoms with van der Waals surface area (Å²) in [7, 11) is 0. The van der Waals surface area contributed by atoms with Gasteiger partial charge in [0.15, 0.2) is 0 Å². The summed E-state index contributed by atoms with van der Waals surface area (Å²) < 4.78 is 0. The third-order valence-electron chi connectivity index (χ3n) is 2.36. The molecule has 0 amide bonds. The Bertz CT molecular complexity index is 492. The SMILES string of the molecule is Cc1ccc(-c2nccnc2N)c(C)c1. The molecule has 0 spiro atoms. The zero-order chi connectivity index (χ0) is 10.8. The maximum absolute atomic E-state index is 5.79. The number of nitrogens with two attached hydrogens (primary N) is 1. The van der Waals surface area contributed by atoms with Gasteiger partial charge in [-0.3, -0.25) is 4.98 Å². The molecule has 2 N–H and O–H groups in total. The molecule has 0 aliphatic heterocycles. The quantitative estimate of drug-likeness (QED) is 0.767. The van der Waals surface area contributed by atoms with E-state index in [2.05, 4.69) is 35.9 Å². The standard InChI is InChI=1S/C12H13N3/c1-8-3-4-10(9(2)7-8)11-12(13)15-6-5-14-11/h3-7H,1-2H3,(H2,13,15). The van der Waals surface area contributed by atoms with Gasteiger partial charge in [0.05, 0.1) is 0 Å². The molecule has 0 saturated heterocycles. The summed E-state index contributed by atoms with van der Waals surface area (Å²) in [5.74, 6) is 0.476. The summed E-state index contributed by atoms with van der Waals surface area (Å²) >= 11 is 0. The first-order valence-electron chi connectivity index (χ1n) is 4.82. The van der Waals surface area contributed by atoms with Crippen molar-refractivity contribution in [2.75, 3.05) is 5.73 Å². The number of rotatable bonds is 1. The van der Waals surface area contributed by atoms with Gasteiger partial charge >= 0.3 is 0 Å². The molecule has 0 aliphatic carbocycles. The van der Waals surface area contributed by atoms with Crippen molar-refractivity contribution < 1.29 is 0 Å². The number of aromatic nitrogens is 2. The lowest BCUT2D eigenvalue weighted by Crippen LogP contribution is -1.97. The van der Waals surface area contributed by atoms with E-state index in [1.807, 2.05) is 6.07 Å². The summed E-state index contributed by atoms with van der Waals surface area (Å²) in [6.45, 7) is 4.12. The van der Waals surface area contributed by atoms with Crippen molar-refractivity contribution in [3.05, 3.63) is 41.7 Å². The third-order valence-corrected chi connectivity index (χ3v) is 2.36. The van der Waals surface area contributed by atoms with E-state index in [4.69, 9.17) is 5.73 Å². The molecule has 0 radical (unpaired) electrons. The van der Waals surface area contributed by atoms with E-state index in [1.54, 1.807) is 12.4 Å². The molecule has 0 atom stereocenters. The molecule has 3 nitrogen and oxygen atoms in total. The molecule has 0 aliphatic rings. The van der Waals surface area contributed by atoms with Gasteiger partial charge in [0.1, 0.15) is 11.5 Å². The molecule has 0 bridgehead atoms. The number of nitrogen functional groups attached to an aromatic ring is 1. The van der Waals surface area contributed by atoms with Gasteiger partial charge in [0.2, 0.25) is 0 Å². The minimum atomic E-state index is 0.476. The molecule has 3 heteroatoms. The first kappa shape index (κ1) is 9.65. The number of hydrogen-bond acceptors (Lipinski definition) is 3.